The van der Waals surface area contributed by atoms with Gasteiger partial charge in [-0.3, -0.25) is 4.79 Å². The second-order valence-electron chi connectivity index (χ2n) is 6.19. The van der Waals surface area contributed by atoms with E-state index in [-0.39, 0.29) is 11.4 Å². The van der Waals surface area contributed by atoms with Crippen LogP contribution in [0.1, 0.15) is 39.0 Å². The van der Waals surface area contributed by atoms with Gasteiger partial charge in [0.05, 0.1) is 5.54 Å². The fourth-order valence-electron chi connectivity index (χ4n) is 3.25. The Kier molecular flexibility index (Phi) is 4.28. The summed E-state index contributed by atoms with van der Waals surface area (Å²) in [7, 11) is 4.12. The van der Waals surface area contributed by atoms with Crippen molar-refractivity contribution in [2.45, 2.75) is 50.6 Å². The molecule has 2 unspecified atom stereocenters. The summed E-state index contributed by atoms with van der Waals surface area (Å²) in [4.78, 5) is 17.0. The van der Waals surface area contributed by atoms with Crippen LogP contribution in [0.3, 0.4) is 0 Å². The third-order valence-electron chi connectivity index (χ3n) is 4.56. The van der Waals surface area contributed by atoms with Crippen molar-refractivity contribution in [1.82, 2.24) is 15.1 Å². The van der Waals surface area contributed by atoms with Crippen molar-refractivity contribution < 1.29 is 4.79 Å². The maximum Gasteiger partial charge on any atom is 0.242 e. The van der Waals surface area contributed by atoms with Gasteiger partial charge in [-0.05, 0) is 59.2 Å². The molecule has 1 amide bonds. The molecule has 0 aromatic heterocycles. The SMILES string of the molecule is CN1CCCC(N(C)C(=O)C2(C)CCCCN2)C1. The lowest BCUT2D eigenvalue weighted by atomic mass is 9.88. The van der Waals surface area contributed by atoms with E-state index in [1.807, 2.05) is 11.9 Å². The number of nitrogens with one attached hydrogen (secondary N) is 1. The van der Waals surface area contributed by atoms with Crippen molar-refractivity contribution in [3.63, 3.8) is 0 Å². The molecule has 0 saturated carbocycles. The number of carbonyl (C=O) groups is 1. The summed E-state index contributed by atoms with van der Waals surface area (Å²) in [5.41, 5.74) is -0.330. The Morgan fingerprint density at radius 3 is 2.78 bits per heavy atom. The fourth-order valence-corrected chi connectivity index (χ4v) is 3.25. The predicted octanol–water partition coefficient (Wildman–Crippen LogP) is 1.07. The monoisotopic (exact) mass is 253 g/mol. The van der Waals surface area contributed by atoms with Gasteiger partial charge in [-0.25, -0.2) is 0 Å². The lowest BCUT2D eigenvalue weighted by Crippen LogP contribution is -2.60. The van der Waals surface area contributed by atoms with E-state index >= 15 is 0 Å². The molecule has 1 N–H and O–H groups in total. The number of amides is 1. The average molecular weight is 253 g/mol. The van der Waals surface area contributed by atoms with Crippen LogP contribution in [-0.4, -0.2) is 61.0 Å². The molecule has 0 spiro atoms. The Bertz CT molecular complexity index is 299. The molecule has 18 heavy (non-hydrogen) atoms. The molecule has 104 valence electrons. The highest BCUT2D eigenvalue weighted by atomic mass is 16.2. The molecule has 0 radical (unpaired) electrons. The summed E-state index contributed by atoms with van der Waals surface area (Å²) in [6.07, 6.45) is 5.66. The smallest absolute Gasteiger partial charge is 0.242 e. The average Bonchev–Trinajstić information content (AvgIpc) is 2.38. The van der Waals surface area contributed by atoms with Crippen LogP contribution < -0.4 is 5.32 Å². The Morgan fingerprint density at radius 2 is 2.17 bits per heavy atom. The van der Waals surface area contributed by atoms with Crippen LogP contribution >= 0.6 is 0 Å². The number of rotatable bonds is 2. The third kappa shape index (κ3) is 2.86. The van der Waals surface area contributed by atoms with Crippen LogP contribution in [0, 0.1) is 0 Å². The number of hydrogen-bond donors (Lipinski definition) is 1. The van der Waals surface area contributed by atoms with Crippen LogP contribution in [0.2, 0.25) is 0 Å². The summed E-state index contributed by atoms with van der Waals surface area (Å²) in [5.74, 6) is 0.280. The molecule has 2 heterocycles. The van der Waals surface area contributed by atoms with E-state index in [1.165, 1.54) is 12.8 Å². The topological polar surface area (TPSA) is 35.6 Å². The second-order valence-corrected chi connectivity index (χ2v) is 6.19. The zero-order valence-corrected chi connectivity index (χ0v) is 12.0. The first-order valence-electron chi connectivity index (χ1n) is 7.24. The second kappa shape index (κ2) is 5.57. The summed E-state index contributed by atoms with van der Waals surface area (Å²) in [5, 5.41) is 3.42. The molecule has 0 bridgehead atoms. The van der Waals surface area contributed by atoms with Gasteiger partial charge in [-0.1, -0.05) is 0 Å². The van der Waals surface area contributed by atoms with Crippen LogP contribution in [0.5, 0.6) is 0 Å². The molecule has 2 saturated heterocycles. The third-order valence-corrected chi connectivity index (χ3v) is 4.56. The van der Waals surface area contributed by atoms with Gasteiger partial charge in [0.15, 0.2) is 0 Å². The number of hydrogen-bond acceptors (Lipinski definition) is 3. The van der Waals surface area contributed by atoms with E-state index in [0.29, 0.717) is 6.04 Å². The summed E-state index contributed by atoms with van der Waals surface area (Å²) in [6, 6.07) is 0.386. The predicted molar refractivity (Wildman–Crippen MR) is 73.5 cm³/mol. The quantitative estimate of drug-likeness (QED) is 0.799. The van der Waals surface area contributed by atoms with Crippen molar-refractivity contribution >= 4 is 5.91 Å². The van der Waals surface area contributed by atoms with Gasteiger partial charge in [-0.15, -0.1) is 0 Å². The highest BCUT2D eigenvalue weighted by Gasteiger charge is 2.38. The van der Waals surface area contributed by atoms with Gasteiger partial charge in [0.2, 0.25) is 5.91 Å². The Morgan fingerprint density at radius 1 is 1.39 bits per heavy atom. The van der Waals surface area contributed by atoms with Gasteiger partial charge in [-0.2, -0.15) is 0 Å². The highest BCUT2D eigenvalue weighted by Crippen LogP contribution is 2.23. The molecule has 0 aromatic carbocycles. The van der Waals surface area contributed by atoms with Gasteiger partial charge >= 0.3 is 0 Å². The molecular formula is C14H27N3O. The molecule has 0 aliphatic carbocycles. The maximum atomic E-state index is 12.7. The first kappa shape index (κ1) is 13.8. The largest absolute Gasteiger partial charge is 0.340 e. The lowest BCUT2D eigenvalue weighted by Gasteiger charge is -2.42. The van der Waals surface area contributed by atoms with E-state index in [0.717, 1.165) is 38.9 Å². The molecule has 4 heteroatoms. The zero-order chi connectivity index (χ0) is 13.2. The number of likely N-dealkylation sites (N-methyl/N-ethyl adjacent to an activating group) is 2. The van der Waals surface area contributed by atoms with Crippen LogP contribution in [0.25, 0.3) is 0 Å². The van der Waals surface area contributed by atoms with E-state index < -0.39 is 0 Å². The normalized spacial score (nSPS) is 34.3. The first-order valence-corrected chi connectivity index (χ1v) is 7.24. The van der Waals surface area contributed by atoms with Gasteiger partial charge in [0.25, 0.3) is 0 Å². The van der Waals surface area contributed by atoms with Crippen molar-refractivity contribution in [2.75, 3.05) is 33.7 Å². The van der Waals surface area contributed by atoms with Crippen molar-refractivity contribution in [3.05, 3.63) is 0 Å². The molecule has 4 nitrogen and oxygen atoms in total. The molecular weight excluding hydrogens is 226 g/mol. The molecule has 2 aliphatic heterocycles. The number of carbonyl (C=O) groups excluding carboxylic acids is 1. The highest BCUT2D eigenvalue weighted by molar-refractivity contribution is 5.86. The standard InChI is InChI=1S/C14H27N3O/c1-14(8-4-5-9-15-14)13(18)17(3)12-7-6-10-16(2)11-12/h12,15H,4-11H2,1-3H3. The summed E-state index contributed by atoms with van der Waals surface area (Å²) >= 11 is 0. The maximum absolute atomic E-state index is 12.7. The minimum atomic E-state index is -0.330. The Hall–Kier alpha value is -0.610. The van der Waals surface area contributed by atoms with E-state index in [2.05, 4.69) is 24.2 Å². The van der Waals surface area contributed by atoms with Gasteiger partial charge in [0.1, 0.15) is 0 Å². The molecule has 2 atom stereocenters. The van der Waals surface area contributed by atoms with Gasteiger partial charge < -0.3 is 15.1 Å². The molecule has 2 aliphatic rings. The number of likely N-dealkylation sites (tertiary alicyclic amines) is 1. The van der Waals surface area contributed by atoms with E-state index in [9.17, 15) is 4.79 Å². The minimum absolute atomic E-state index is 0.280. The van der Waals surface area contributed by atoms with Crippen LogP contribution in [0.4, 0.5) is 0 Å². The molecule has 0 aromatic rings. The van der Waals surface area contributed by atoms with Crippen molar-refractivity contribution in [1.29, 1.82) is 0 Å². The summed E-state index contributed by atoms with van der Waals surface area (Å²) in [6.45, 7) is 5.21. The fraction of sp³-hybridized carbons (Fsp3) is 0.929. The van der Waals surface area contributed by atoms with Crippen molar-refractivity contribution in [2.24, 2.45) is 0 Å². The summed E-state index contributed by atoms with van der Waals surface area (Å²) < 4.78 is 0. The van der Waals surface area contributed by atoms with Gasteiger partial charge in [0, 0.05) is 19.6 Å². The zero-order valence-electron chi connectivity index (χ0n) is 12.0. The molecule has 2 rings (SSSR count). The Balaban J connectivity index is 1.98. The van der Waals surface area contributed by atoms with E-state index in [4.69, 9.17) is 0 Å². The molecule has 2 fully saturated rings. The minimum Gasteiger partial charge on any atom is -0.340 e. The lowest BCUT2D eigenvalue weighted by molar-refractivity contribution is -0.140. The van der Waals surface area contributed by atoms with E-state index in [1.54, 1.807) is 0 Å². The number of piperidine rings is 2. The van der Waals surface area contributed by atoms with Crippen LogP contribution in [0.15, 0.2) is 0 Å². The Labute approximate surface area is 111 Å². The first-order chi connectivity index (χ1) is 8.53. The van der Waals surface area contributed by atoms with Crippen LogP contribution in [-0.2, 0) is 4.79 Å². The number of nitrogens with zero attached hydrogens (tertiary/aromatic N) is 2. The van der Waals surface area contributed by atoms with Crippen molar-refractivity contribution in [3.8, 4) is 0 Å².